The number of oxazole rings is 1. The van der Waals surface area contributed by atoms with Gasteiger partial charge in [-0.1, -0.05) is 18.2 Å². The molecule has 214 valence electrons. The van der Waals surface area contributed by atoms with E-state index in [9.17, 15) is 19.5 Å². The molecule has 1 aliphatic rings. The first-order valence-electron chi connectivity index (χ1n) is 12.7. The Labute approximate surface area is 238 Å². The molecule has 1 aliphatic heterocycles. The Hall–Kier alpha value is -4.65. The van der Waals surface area contributed by atoms with Crippen LogP contribution in [0.25, 0.3) is 21.0 Å². The molecule has 0 bridgehead atoms. The van der Waals surface area contributed by atoms with Crippen molar-refractivity contribution in [2.45, 2.75) is 39.0 Å². The van der Waals surface area contributed by atoms with E-state index < -0.39 is 28.9 Å². The smallest absolute Gasteiger partial charge is 0.333 e. The Morgan fingerprint density at radius 1 is 1.27 bits per heavy atom. The molecule has 4 heterocycles. The van der Waals surface area contributed by atoms with Gasteiger partial charge in [0.15, 0.2) is 0 Å². The van der Waals surface area contributed by atoms with Crippen LogP contribution in [-0.4, -0.2) is 56.8 Å². The fourth-order valence-electron chi connectivity index (χ4n) is 4.63. The molecule has 5 rings (SSSR count). The van der Waals surface area contributed by atoms with Crippen LogP contribution in [0.4, 0.5) is 0 Å². The number of rotatable bonds is 8. The van der Waals surface area contributed by atoms with Gasteiger partial charge in [-0.15, -0.1) is 11.3 Å². The van der Waals surface area contributed by atoms with Gasteiger partial charge in [0.25, 0.3) is 5.56 Å². The number of carbonyl (C=O) groups is 1. The number of aliphatic imine (C=N–C) groups is 1. The second-order valence-corrected chi connectivity index (χ2v) is 11.0. The third kappa shape index (κ3) is 4.92. The lowest BCUT2D eigenvalue weighted by Crippen LogP contribution is -2.52. The summed E-state index contributed by atoms with van der Waals surface area (Å²) in [5.41, 5.74) is -2.18. The molecular weight excluding hydrogens is 550 g/mol. The summed E-state index contributed by atoms with van der Waals surface area (Å²) in [6, 6.07) is 7.24. The Balaban J connectivity index is 1.77. The fraction of sp³-hybridized carbons (Fsp3) is 0.321. The molecule has 0 radical (unpaired) electrons. The molecule has 0 fully saturated rings. The normalized spacial score (nSPS) is 14.3. The molecule has 41 heavy (non-hydrogen) atoms. The Kier molecular flexibility index (Phi) is 7.30. The van der Waals surface area contributed by atoms with Crippen molar-refractivity contribution in [3.05, 3.63) is 81.0 Å². The molecule has 3 aromatic heterocycles. The number of benzene rings is 1. The van der Waals surface area contributed by atoms with Gasteiger partial charge in [-0.3, -0.25) is 9.36 Å². The molecule has 1 aromatic carbocycles. The third-order valence-electron chi connectivity index (χ3n) is 6.94. The van der Waals surface area contributed by atoms with Crippen molar-refractivity contribution in [2.75, 3.05) is 20.8 Å². The number of carboxylic acid groups (broad SMARTS) is 1. The standard InChI is InChI=1S/C28H29N5O7S/c1-16-21-24(34)33(28(2,3)26(35)36)27(37)32(25(21)41-22(16)23-29-11-13-39-23)14-19(17-8-6-7-9-18(17)38-5)40-20-10-12-31(4)15-30-20/h6-13,19H,14-15H2,1-5H3,(H,35,36). The number of nitrogens with zero attached hydrogens (tertiary/aromatic N) is 5. The van der Waals surface area contributed by atoms with Gasteiger partial charge in [-0.2, -0.15) is 0 Å². The van der Waals surface area contributed by atoms with Crippen LogP contribution in [0.5, 0.6) is 5.75 Å². The number of hydrogen-bond acceptors (Lipinski definition) is 10. The summed E-state index contributed by atoms with van der Waals surface area (Å²) >= 11 is 1.17. The van der Waals surface area contributed by atoms with Gasteiger partial charge < -0.3 is 23.9 Å². The van der Waals surface area contributed by atoms with Gasteiger partial charge >= 0.3 is 11.7 Å². The number of para-hydroxylation sites is 1. The average molecular weight is 580 g/mol. The number of aliphatic carboxylic acids is 1. The largest absolute Gasteiger partial charge is 0.496 e. The molecule has 0 saturated heterocycles. The van der Waals surface area contributed by atoms with Gasteiger partial charge in [-0.05, 0) is 32.4 Å². The van der Waals surface area contributed by atoms with Gasteiger partial charge in [0.2, 0.25) is 11.8 Å². The quantitative estimate of drug-likeness (QED) is 0.331. The van der Waals surface area contributed by atoms with E-state index in [0.29, 0.717) is 39.2 Å². The number of thiophene rings is 1. The highest BCUT2D eigenvalue weighted by Gasteiger charge is 2.36. The van der Waals surface area contributed by atoms with E-state index in [1.807, 2.05) is 36.3 Å². The molecule has 0 saturated carbocycles. The van der Waals surface area contributed by atoms with Gasteiger partial charge in [0.1, 0.15) is 35.2 Å². The third-order valence-corrected chi connectivity index (χ3v) is 8.24. The molecule has 0 aliphatic carbocycles. The second kappa shape index (κ2) is 10.7. The van der Waals surface area contributed by atoms with Crippen molar-refractivity contribution in [1.29, 1.82) is 0 Å². The van der Waals surface area contributed by atoms with Crippen LogP contribution >= 0.6 is 11.3 Å². The lowest BCUT2D eigenvalue weighted by Gasteiger charge is -2.26. The number of hydrogen-bond donors (Lipinski definition) is 1. The lowest BCUT2D eigenvalue weighted by atomic mass is 10.1. The molecule has 1 unspecified atom stereocenters. The van der Waals surface area contributed by atoms with Crippen molar-refractivity contribution in [3.63, 3.8) is 0 Å². The van der Waals surface area contributed by atoms with E-state index in [4.69, 9.17) is 13.9 Å². The highest BCUT2D eigenvalue weighted by molar-refractivity contribution is 7.22. The fourth-order valence-corrected chi connectivity index (χ4v) is 5.87. The molecular formula is C28H29N5O7S. The SMILES string of the molecule is COc1ccccc1C(Cn1c(=O)n(C(C)(C)C(=O)O)c(=O)c2c(C)c(-c3ncco3)sc21)OC1=NCN(C)C=C1. The summed E-state index contributed by atoms with van der Waals surface area (Å²) in [4.78, 5) is 51.6. The first-order chi connectivity index (χ1) is 19.5. The molecule has 0 spiro atoms. The first kappa shape index (κ1) is 27.9. The second-order valence-electron chi connectivity index (χ2n) is 10.0. The minimum absolute atomic E-state index is 0.0840. The molecule has 12 nitrogen and oxygen atoms in total. The lowest BCUT2D eigenvalue weighted by molar-refractivity contribution is -0.146. The zero-order valence-electron chi connectivity index (χ0n) is 23.2. The number of fused-ring (bicyclic) bond motifs is 1. The van der Waals surface area contributed by atoms with Crippen molar-refractivity contribution >= 4 is 33.4 Å². The maximum atomic E-state index is 14.1. The summed E-state index contributed by atoms with van der Waals surface area (Å²) in [5.74, 6) is -0.159. The van der Waals surface area contributed by atoms with Gasteiger partial charge in [-0.25, -0.2) is 24.1 Å². The van der Waals surface area contributed by atoms with Crippen LogP contribution in [0.1, 0.15) is 31.1 Å². The van der Waals surface area contributed by atoms with Crippen molar-refractivity contribution in [1.82, 2.24) is 19.0 Å². The zero-order chi connectivity index (χ0) is 29.5. The Morgan fingerprint density at radius 2 is 2.02 bits per heavy atom. The van der Waals surface area contributed by atoms with Crippen LogP contribution in [-0.2, 0) is 21.6 Å². The van der Waals surface area contributed by atoms with Crippen LogP contribution < -0.4 is 16.0 Å². The average Bonchev–Trinajstić information content (AvgIpc) is 3.59. The van der Waals surface area contributed by atoms with E-state index in [0.717, 1.165) is 4.57 Å². The maximum Gasteiger partial charge on any atom is 0.333 e. The highest BCUT2D eigenvalue weighted by Crippen LogP contribution is 2.37. The monoisotopic (exact) mass is 579 g/mol. The number of carboxylic acids is 1. The van der Waals surface area contributed by atoms with Crippen LogP contribution in [0.2, 0.25) is 0 Å². The number of aromatic nitrogens is 3. The minimum atomic E-state index is -1.84. The van der Waals surface area contributed by atoms with Crippen LogP contribution in [0.3, 0.4) is 0 Å². The molecule has 1 N–H and O–H groups in total. The predicted octanol–water partition coefficient (Wildman–Crippen LogP) is 3.59. The number of methoxy groups -OCH3 is 1. The summed E-state index contributed by atoms with van der Waals surface area (Å²) in [7, 11) is 3.41. The van der Waals surface area contributed by atoms with E-state index in [1.54, 1.807) is 19.1 Å². The molecule has 0 amide bonds. The van der Waals surface area contributed by atoms with Crippen LogP contribution in [0.15, 0.2) is 68.0 Å². The Morgan fingerprint density at radius 3 is 2.66 bits per heavy atom. The topological polar surface area (TPSA) is 141 Å². The Bertz CT molecular complexity index is 1800. The van der Waals surface area contributed by atoms with E-state index >= 15 is 0 Å². The summed E-state index contributed by atoms with van der Waals surface area (Å²) < 4.78 is 19.6. The van der Waals surface area contributed by atoms with Crippen molar-refractivity contribution < 1.29 is 23.8 Å². The van der Waals surface area contributed by atoms with Crippen molar-refractivity contribution in [3.8, 4) is 16.5 Å². The molecule has 1 atom stereocenters. The summed E-state index contributed by atoms with van der Waals surface area (Å²) in [5, 5.41) is 10.2. The summed E-state index contributed by atoms with van der Waals surface area (Å²) in [6.45, 7) is 4.66. The van der Waals surface area contributed by atoms with Crippen LogP contribution in [0, 0.1) is 6.92 Å². The van der Waals surface area contributed by atoms with Gasteiger partial charge in [0.05, 0.1) is 30.1 Å². The number of ether oxygens (including phenoxy) is 2. The molecule has 4 aromatic rings. The van der Waals surface area contributed by atoms with Crippen molar-refractivity contribution in [2.24, 2.45) is 4.99 Å². The zero-order valence-corrected chi connectivity index (χ0v) is 24.0. The summed E-state index contributed by atoms with van der Waals surface area (Å²) in [6.07, 6.45) is 5.64. The predicted molar refractivity (Wildman–Crippen MR) is 154 cm³/mol. The van der Waals surface area contributed by atoms with E-state index in [2.05, 4.69) is 9.98 Å². The van der Waals surface area contributed by atoms with E-state index in [1.165, 1.54) is 49.3 Å². The van der Waals surface area contributed by atoms with Gasteiger partial charge in [0, 0.05) is 24.9 Å². The van der Waals surface area contributed by atoms with E-state index in [-0.39, 0.29) is 17.8 Å². The first-order valence-corrected chi connectivity index (χ1v) is 13.5. The molecule has 13 heteroatoms. The minimum Gasteiger partial charge on any atom is -0.496 e. The maximum absolute atomic E-state index is 14.1. The highest BCUT2D eigenvalue weighted by atomic mass is 32.1. The number of aryl methyl sites for hydroxylation is 1.